The van der Waals surface area contributed by atoms with E-state index < -0.39 is 0 Å². The van der Waals surface area contributed by atoms with Gasteiger partial charge in [-0.05, 0) is 57.4 Å². The molecule has 0 amide bonds. The molecule has 1 aliphatic rings. The minimum absolute atomic E-state index is 0.426. The average Bonchev–Trinajstić information content (AvgIpc) is 2.42. The van der Waals surface area contributed by atoms with Crippen LogP contribution < -0.4 is 10.5 Å². The molecule has 1 aromatic rings. The zero-order valence-electron chi connectivity index (χ0n) is 12.1. The standard InChI is InChI=1S/C16H26N2O/c1-3-19-16-10-4-13(5-11-16)12-18(2)15-8-6-14(17)7-9-15/h4-5,10-11,14-15H,3,6-9,12,17H2,1-2H3. The fraction of sp³-hybridized carbons (Fsp3) is 0.625. The maximum Gasteiger partial charge on any atom is 0.119 e. The molecular formula is C16H26N2O. The van der Waals surface area contributed by atoms with Crippen molar-refractivity contribution in [3.05, 3.63) is 29.8 Å². The van der Waals surface area contributed by atoms with Gasteiger partial charge in [0.15, 0.2) is 0 Å². The van der Waals surface area contributed by atoms with Gasteiger partial charge in [0, 0.05) is 18.6 Å². The first-order valence-corrected chi connectivity index (χ1v) is 7.36. The van der Waals surface area contributed by atoms with Gasteiger partial charge in [-0.15, -0.1) is 0 Å². The Morgan fingerprint density at radius 2 is 1.79 bits per heavy atom. The molecule has 3 heteroatoms. The molecule has 3 nitrogen and oxygen atoms in total. The first-order chi connectivity index (χ1) is 9.19. The van der Waals surface area contributed by atoms with Crippen molar-refractivity contribution in [1.29, 1.82) is 0 Å². The molecular weight excluding hydrogens is 236 g/mol. The Kier molecular flexibility index (Phi) is 5.23. The van der Waals surface area contributed by atoms with Crippen LogP contribution in [0.25, 0.3) is 0 Å². The molecule has 0 radical (unpaired) electrons. The van der Waals surface area contributed by atoms with Gasteiger partial charge in [-0.25, -0.2) is 0 Å². The quantitative estimate of drug-likeness (QED) is 0.887. The molecule has 1 saturated carbocycles. The fourth-order valence-corrected chi connectivity index (χ4v) is 2.82. The molecule has 1 aliphatic carbocycles. The van der Waals surface area contributed by atoms with Gasteiger partial charge in [0.25, 0.3) is 0 Å². The summed E-state index contributed by atoms with van der Waals surface area (Å²) < 4.78 is 5.47. The van der Waals surface area contributed by atoms with Crippen molar-refractivity contribution in [2.75, 3.05) is 13.7 Å². The van der Waals surface area contributed by atoms with Gasteiger partial charge in [-0.2, -0.15) is 0 Å². The monoisotopic (exact) mass is 262 g/mol. The number of rotatable bonds is 5. The maximum atomic E-state index is 5.96. The number of hydrogen-bond donors (Lipinski definition) is 1. The van der Waals surface area contributed by atoms with Crippen LogP contribution >= 0.6 is 0 Å². The highest BCUT2D eigenvalue weighted by molar-refractivity contribution is 5.27. The molecule has 0 bridgehead atoms. The van der Waals surface area contributed by atoms with E-state index in [1.165, 1.54) is 18.4 Å². The van der Waals surface area contributed by atoms with E-state index >= 15 is 0 Å². The van der Waals surface area contributed by atoms with Gasteiger partial charge in [0.05, 0.1) is 6.61 Å². The third-order valence-electron chi connectivity index (χ3n) is 4.03. The summed E-state index contributed by atoms with van der Waals surface area (Å²) in [7, 11) is 2.22. The first kappa shape index (κ1) is 14.4. The SMILES string of the molecule is CCOc1ccc(CN(C)C2CCC(N)CC2)cc1. The normalized spacial score (nSPS) is 23.6. The van der Waals surface area contributed by atoms with Crippen molar-refractivity contribution in [3.8, 4) is 5.75 Å². The van der Waals surface area contributed by atoms with Crippen LogP contribution in [0, 0.1) is 0 Å². The largest absolute Gasteiger partial charge is 0.494 e. The van der Waals surface area contributed by atoms with Gasteiger partial charge in [0.2, 0.25) is 0 Å². The van der Waals surface area contributed by atoms with E-state index in [-0.39, 0.29) is 0 Å². The van der Waals surface area contributed by atoms with Crippen LogP contribution in [-0.2, 0) is 6.54 Å². The topological polar surface area (TPSA) is 38.5 Å². The number of nitrogens with two attached hydrogens (primary N) is 1. The van der Waals surface area contributed by atoms with E-state index in [0.29, 0.717) is 12.1 Å². The van der Waals surface area contributed by atoms with Crippen LogP contribution in [0.2, 0.25) is 0 Å². The molecule has 19 heavy (non-hydrogen) atoms. The summed E-state index contributed by atoms with van der Waals surface area (Å²) >= 11 is 0. The summed E-state index contributed by atoms with van der Waals surface area (Å²) in [5.41, 5.74) is 7.31. The van der Waals surface area contributed by atoms with Gasteiger partial charge >= 0.3 is 0 Å². The smallest absolute Gasteiger partial charge is 0.119 e. The van der Waals surface area contributed by atoms with E-state index in [2.05, 4.69) is 36.2 Å². The van der Waals surface area contributed by atoms with Gasteiger partial charge in [0.1, 0.15) is 5.75 Å². The minimum atomic E-state index is 0.426. The molecule has 0 heterocycles. The first-order valence-electron chi connectivity index (χ1n) is 7.36. The van der Waals surface area contributed by atoms with Crippen LogP contribution in [0.1, 0.15) is 38.2 Å². The van der Waals surface area contributed by atoms with Crippen LogP contribution in [0.4, 0.5) is 0 Å². The Morgan fingerprint density at radius 1 is 1.16 bits per heavy atom. The molecule has 1 fully saturated rings. The number of nitrogens with zero attached hydrogens (tertiary/aromatic N) is 1. The molecule has 106 valence electrons. The Balaban J connectivity index is 1.86. The highest BCUT2D eigenvalue weighted by Crippen LogP contribution is 2.23. The number of ether oxygens (including phenoxy) is 1. The molecule has 0 aromatic heterocycles. The summed E-state index contributed by atoms with van der Waals surface area (Å²) in [6.07, 6.45) is 4.79. The van der Waals surface area contributed by atoms with Crippen LogP contribution in [0.3, 0.4) is 0 Å². The van der Waals surface area contributed by atoms with E-state index in [1.54, 1.807) is 0 Å². The number of hydrogen-bond acceptors (Lipinski definition) is 3. The summed E-state index contributed by atoms with van der Waals surface area (Å²) in [6, 6.07) is 9.56. The summed E-state index contributed by atoms with van der Waals surface area (Å²) in [5.74, 6) is 0.956. The second kappa shape index (κ2) is 6.92. The van der Waals surface area contributed by atoms with Crippen LogP contribution in [0.15, 0.2) is 24.3 Å². The van der Waals surface area contributed by atoms with Gasteiger partial charge in [-0.1, -0.05) is 12.1 Å². The van der Waals surface area contributed by atoms with Crippen molar-refractivity contribution in [2.45, 2.75) is 51.2 Å². The summed E-state index contributed by atoms with van der Waals surface area (Å²) in [5, 5.41) is 0. The highest BCUT2D eigenvalue weighted by Gasteiger charge is 2.21. The third kappa shape index (κ3) is 4.22. The Morgan fingerprint density at radius 3 is 2.37 bits per heavy atom. The highest BCUT2D eigenvalue weighted by atomic mass is 16.5. The average molecular weight is 262 g/mol. The molecule has 1 aromatic carbocycles. The molecule has 2 rings (SSSR count). The minimum Gasteiger partial charge on any atom is -0.494 e. The lowest BCUT2D eigenvalue weighted by Gasteiger charge is -2.33. The van der Waals surface area contributed by atoms with Gasteiger partial charge < -0.3 is 10.5 Å². The maximum absolute atomic E-state index is 5.96. The lowest BCUT2D eigenvalue weighted by atomic mass is 9.91. The van der Waals surface area contributed by atoms with Crippen molar-refractivity contribution in [3.63, 3.8) is 0 Å². The summed E-state index contributed by atoms with van der Waals surface area (Å²) in [4.78, 5) is 2.46. The summed E-state index contributed by atoms with van der Waals surface area (Å²) in [6.45, 7) is 3.74. The Labute approximate surface area is 116 Å². The predicted molar refractivity (Wildman–Crippen MR) is 79.3 cm³/mol. The number of benzene rings is 1. The molecule has 2 N–H and O–H groups in total. The molecule has 0 atom stereocenters. The van der Waals surface area contributed by atoms with Crippen LogP contribution in [-0.4, -0.2) is 30.6 Å². The van der Waals surface area contributed by atoms with E-state index in [0.717, 1.165) is 31.7 Å². The Hall–Kier alpha value is -1.06. The second-order valence-electron chi connectivity index (χ2n) is 5.56. The molecule has 0 aliphatic heterocycles. The van der Waals surface area contributed by atoms with E-state index in [4.69, 9.17) is 10.5 Å². The van der Waals surface area contributed by atoms with E-state index in [9.17, 15) is 0 Å². The van der Waals surface area contributed by atoms with Crippen molar-refractivity contribution in [1.82, 2.24) is 4.90 Å². The predicted octanol–water partition coefficient (Wildman–Crippen LogP) is 2.79. The van der Waals surface area contributed by atoms with Gasteiger partial charge in [-0.3, -0.25) is 4.90 Å². The van der Waals surface area contributed by atoms with Crippen molar-refractivity contribution in [2.24, 2.45) is 5.73 Å². The lowest BCUT2D eigenvalue weighted by Crippen LogP contribution is -2.38. The molecule has 0 spiro atoms. The zero-order chi connectivity index (χ0) is 13.7. The zero-order valence-corrected chi connectivity index (χ0v) is 12.1. The molecule has 0 unspecified atom stereocenters. The van der Waals surface area contributed by atoms with Crippen molar-refractivity contribution >= 4 is 0 Å². The second-order valence-corrected chi connectivity index (χ2v) is 5.56. The molecule has 0 saturated heterocycles. The van der Waals surface area contributed by atoms with Crippen molar-refractivity contribution < 1.29 is 4.74 Å². The van der Waals surface area contributed by atoms with Crippen LogP contribution in [0.5, 0.6) is 5.75 Å². The van der Waals surface area contributed by atoms with E-state index in [1.807, 2.05) is 6.92 Å². The third-order valence-corrected chi connectivity index (χ3v) is 4.03. The Bertz CT molecular complexity index is 369. The lowest BCUT2D eigenvalue weighted by molar-refractivity contribution is 0.176. The fourth-order valence-electron chi connectivity index (χ4n) is 2.82.